The number of phenols is 2. The van der Waals surface area contributed by atoms with Crippen LogP contribution < -0.4 is 15.4 Å². The number of likely N-dealkylation sites (tertiary alicyclic amines) is 1. The van der Waals surface area contributed by atoms with Crippen molar-refractivity contribution in [3.05, 3.63) is 131 Å². The van der Waals surface area contributed by atoms with Crippen LogP contribution in [-0.4, -0.2) is 129 Å². The number of nitrogens with zero attached hydrogens (tertiary/aromatic N) is 4. The van der Waals surface area contributed by atoms with E-state index in [2.05, 4.69) is 20.5 Å². The minimum atomic E-state index is -0.770. The van der Waals surface area contributed by atoms with Crippen LogP contribution in [0.5, 0.6) is 17.2 Å². The molecular weight excluding hydrogens is 948 g/mol. The number of hydrogen-bond donors (Lipinski definition) is 5. The number of β-amino-alcohol motifs (C(OH)–C–C–N with tert-alkyl or cyclic N) is 1. The first-order valence-electron chi connectivity index (χ1n) is 25.3. The summed E-state index contributed by atoms with van der Waals surface area (Å²) in [5.74, 6) is 1.30. The zero-order valence-corrected chi connectivity index (χ0v) is 43.7. The molecule has 1 unspecified atom stereocenters. The Morgan fingerprint density at radius 2 is 1.44 bits per heavy atom. The molecular formula is C57H71ClN6O7S. The highest BCUT2D eigenvalue weighted by Crippen LogP contribution is 2.37. The third kappa shape index (κ3) is 14.7. The number of unbranched alkanes of at least 4 members (excludes halogenated alkanes) is 3. The number of aliphatic hydroxyl groups is 1. The number of carbonyl (C=O) groups excluding carboxylic acids is 3. The molecule has 3 amide bonds. The van der Waals surface area contributed by atoms with Crippen molar-refractivity contribution in [1.29, 1.82) is 0 Å². The van der Waals surface area contributed by atoms with E-state index in [1.165, 1.54) is 0 Å². The van der Waals surface area contributed by atoms with Gasteiger partial charge in [-0.1, -0.05) is 94.3 Å². The fourth-order valence-electron chi connectivity index (χ4n) is 9.60. The number of carbonyl (C=O) groups is 3. The molecule has 2 aliphatic rings. The summed E-state index contributed by atoms with van der Waals surface area (Å²) in [5.41, 5.74) is 9.32. The molecule has 7 rings (SSSR count). The van der Waals surface area contributed by atoms with Crippen LogP contribution in [0.4, 0.5) is 0 Å². The van der Waals surface area contributed by atoms with Gasteiger partial charge in [0.25, 0.3) is 0 Å². The number of nitrogens with one attached hydrogen (secondary N) is 2. The van der Waals surface area contributed by atoms with Crippen LogP contribution in [0.3, 0.4) is 0 Å². The van der Waals surface area contributed by atoms with Crippen LogP contribution in [0.1, 0.15) is 93.7 Å². The Kier molecular flexibility index (Phi) is 19.3. The van der Waals surface area contributed by atoms with E-state index in [1.54, 1.807) is 40.5 Å². The maximum absolute atomic E-state index is 14.1. The molecule has 4 aromatic carbocycles. The van der Waals surface area contributed by atoms with Gasteiger partial charge < -0.3 is 40.5 Å². The van der Waals surface area contributed by atoms with Gasteiger partial charge in [-0.3, -0.25) is 19.3 Å². The Morgan fingerprint density at radius 3 is 2.06 bits per heavy atom. The van der Waals surface area contributed by atoms with Gasteiger partial charge in [-0.15, -0.1) is 22.9 Å². The Hall–Kier alpha value is -5.77. The predicted octanol–water partition coefficient (Wildman–Crippen LogP) is 8.87. The number of ether oxygens (including phenoxy) is 1. The van der Waals surface area contributed by atoms with E-state index in [0.717, 1.165) is 101 Å². The van der Waals surface area contributed by atoms with E-state index in [0.29, 0.717) is 51.5 Å². The molecule has 2 fully saturated rings. The topological polar surface area (TPSA) is 168 Å². The number of aromatic nitrogens is 1. The smallest absolute Gasteiger partial charge is 0.243 e. The van der Waals surface area contributed by atoms with Crippen LogP contribution in [-0.2, 0) is 20.9 Å². The predicted molar refractivity (Wildman–Crippen MR) is 287 cm³/mol. The Bertz CT molecular complexity index is 2570. The van der Waals surface area contributed by atoms with Crippen LogP contribution in [0.25, 0.3) is 21.6 Å². The highest BCUT2D eigenvalue weighted by molar-refractivity contribution is 7.13. The molecule has 2 aliphatic heterocycles. The first-order valence-corrected chi connectivity index (χ1v) is 26.7. The molecule has 72 heavy (non-hydrogen) atoms. The second-order valence-electron chi connectivity index (χ2n) is 20.0. The maximum Gasteiger partial charge on any atom is 0.243 e. The van der Waals surface area contributed by atoms with E-state index < -0.39 is 23.6 Å². The zero-order valence-electron chi connectivity index (χ0n) is 42.1. The summed E-state index contributed by atoms with van der Waals surface area (Å²) in [5, 5.41) is 37.1. The quantitative estimate of drug-likeness (QED) is 0.0257. The molecule has 0 aliphatic carbocycles. The van der Waals surface area contributed by atoms with Crippen molar-refractivity contribution >= 4 is 51.8 Å². The van der Waals surface area contributed by atoms with Crippen molar-refractivity contribution in [2.45, 2.75) is 97.4 Å². The van der Waals surface area contributed by atoms with Gasteiger partial charge in [0.1, 0.15) is 29.9 Å². The Balaban J connectivity index is 0.795. The lowest BCUT2D eigenvalue weighted by atomic mass is 9.85. The molecule has 0 bridgehead atoms. The van der Waals surface area contributed by atoms with E-state index in [9.17, 15) is 29.7 Å². The SMILES string of the molecule is Cc1ncsc1-c1ccc(CNC(=O)[C@@H]2C[C@@H](O)CN2C(=O)C(NCCCCCCC(=O)N2CCN(CCOc3ccc(C(=C(CCCl)c4ccc(O)cc4)c4ccc(O)cc4)cc3)CC2)C(C)(C)C)cc1. The standard InChI is InChI=1S/C57H71ClN6O7S/c1-39-53(72-38-61-39)44-12-10-40(11-13-44)36-60-55(69)50-35-47(67)37-64(50)56(70)54(57(2,3)4)59-28-8-6-5-7-9-51(68)63-31-29-62(30-32-63)33-34-71-48-24-18-43(19-25-48)52(42-16-22-46(66)23-17-42)49(26-27-58)41-14-20-45(65)21-15-41/h10-25,38,47,50,54,59,65-67H,5-9,26-37H2,1-4H3,(H,60,69)/t47-,50+,54?/m1/s1. The highest BCUT2D eigenvalue weighted by atomic mass is 35.5. The summed E-state index contributed by atoms with van der Waals surface area (Å²) in [4.78, 5) is 52.0. The molecule has 5 aromatic rings. The summed E-state index contributed by atoms with van der Waals surface area (Å²) in [6, 6.07) is 29.0. The van der Waals surface area contributed by atoms with Crippen LogP contribution >= 0.6 is 22.9 Å². The van der Waals surface area contributed by atoms with Gasteiger partial charge >= 0.3 is 0 Å². The number of aryl methyl sites for hydroxylation is 1. The zero-order chi connectivity index (χ0) is 51.2. The number of aromatic hydroxyl groups is 2. The number of halogens is 1. The number of amides is 3. The van der Waals surface area contributed by atoms with Gasteiger partial charge in [-0.05, 0) is 114 Å². The molecule has 15 heteroatoms. The van der Waals surface area contributed by atoms with Gasteiger partial charge in [-0.2, -0.15) is 0 Å². The van der Waals surface area contributed by atoms with Gasteiger partial charge in [-0.25, -0.2) is 4.98 Å². The van der Waals surface area contributed by atoms with Crippen molar-refractivity contribution < 1.29 is 34.4 Å². The van der Waals surface area contributed by atoms with Crippen molar-refractivity contribution in [3.8, 4) is 27.7 Å². The minimum absolute atomic E-state index is 0.119. The summed E-state index contributed by atoms with van der Waals surface area (Å²) < 4.78 is 6.18. The van der Waals surface area contributed by atoms with Crippen molar-refractivity contribution in [2.75, 3.05) is 58.3 Å². The fourth-order valence-corrected chi connectivity index (χ4v) is 10.6. The highest BCUT2D eigenvalue weighted by Gasteiger charge is 2.43. The van der Waals surface area contributed by atoms with E-state index in [1.807, 2.05) is 111 Å². The molecule has 0 spiro atoms. The largest absolute Gasteiger partial charge is 0.508 e. The number of alkyl halides is 1. The summed E-state index contributed by atoms with van der Waals surface area (Å²) >= 11 is 7.91. The molecule has 3 atom stereocenters. The number of piperazine rings is 1. The lowest BCUT2D eigenvalue weighted by Crippen LogP contribution is -2.56. The normalized spacial score (nSPS) is 17.1. The molecule has 1 aromatic heterocycles. The lowest BCUT2D eigenvalue weighted by Gasteiger charge is -2.35. The molecule has 13 nitrogen and oxygen atoms in total. The van der Waals surface area contributed by atoms with E-state index >= 15 is 0 Å². The third-order valence-corrected chi connectivity index (χ3v) is 14.8. The Morgan fingerprint density at radius 1 is 0.819 bits per heavy atom. The average Bonchev–Trinajstić information content (AvgIpc) is 3.99. The number of phenolic OH excluding ortho intramolecular Hbond substituents is 2. The first-order chi connectivity index (χ1) is 34.7. The number of aliphatic hydroxyl groups excluding tert-OH is 1. The number of hydrogen-bond acceptors (Lipinski definition) is 11. The minimum Gasteiger partial charge on any atom is -0.508 e. The van der Waals surface area contributed by atoms with Crippen molar-refractivity contribution in [2.24, 2.45) is 5.41 Å². The van der Waals surface area contributed by atoms with Crippen LogP contribution in [0.15, 0.2) is 103 Å². The lowest BCUT2D eigenvalue weighted by molar-refractivity contribution is -0.142. The van der Waals surface area contributed by atoms with Crippen molar-refractivity contribution in [1.82, 2.24) is 30.3 Å². The van der Waals surface area contributed by atoms with Crippen LogP contribution in [0, 0.1) is 12.3 Å². The summed E-state index contributed by atoms with van der Waals surface area (Å²) in [6.07, 6.45) is 4.04. The van der Waals surface area contributed by atoms with Gasteiger partial charge in [0.15, 0.2) is 0 Å². The fraction of sp³-hybridized carbons (Fsp3) is 0.439. The summed E-state index contributed by atoms with van der Waals surface area (Å²) in [7, 11) is 0. The van der Waals surface area contributed by atoms with Gasteiger partial charge in [0.2, 0.25) is 17.7 Å². The molecule has 0 saturated carbocycles. The van der Waals surface area contributed by atoms with Crippen LogP contribution in [0.2, 0.25) is 0 Å². The maximum atomic E-state index is 14.1. The monoisotopic (exact) mass is 1020 g/mol. The number of rotatable bonds is 22. The number of thiazole rings is 1. The molecule has 2 saturated heterocycles. The van der Waals surface area contributed by atoms with Gasteiger partial charge in [0.05, 0.1) is 28.2 Å². The molecule has 5 N–H and O–H groups in total. The second-order valence-corrected chi connectivity index (χ2v) is 21.2. The molecule has 384 valence electrons. The first kappa shape index (κ1) is 54.0. The molecule has 0 radical (unpaired) electrons. The van der Waals surface area contributed by atoms with Crippen molar-refractivity contribution in [3.63, 3.8) is 0 Å². The summed E-state index contributed by atoms with van der Waals surface area (Å²) in [6.45, 7) is 13.3. The van der Waals surface area contributed by atoms with E-state index in [4.69, 9.17) is 16.3 Å². The number of benzene rings is 4. The van der Waals surface area contributed by atoms with E-state index in [-0.39, 0.29) is 42.2 Å². The second kappa shape index (κ2) is 25.7. The molecule has 3 heterocycles. The van der Waals surface area contributed by atoms with Gasteiger partial charge in [0, 0.05) is 64.5 Å². The number of allylic oxidation sites excluding steroid dienone is 1. The average molecular weight is 1020 g/mol. The third-order valence-electron chi connectivity index (χ3n) is 13.6. The Labute approximate surface area is 433 Å².